The van der Waals surface area contributed by atoms with E-state index in [2.05, 4.69) is 4.74 Å². The molecule has 8 nitrogen and oxygen atoms in total. The monoisotopic (exact) mass is 321 g/mol. The highest BCUT2D eigenvalue weighted by Crippen LogP contribution is 2.16. The van der Waals surface area contributed by atoms with Gasteiger partial charge in [0.1, 0.15) is 16.8 Å². The van der Waals surface area contributed by atoms with E-state index in [4.69, 9.17) is 10.2 Å². The molecule has 1 atom stereocenters. The van der Waals surface area contributed by atoms with Crippen molar-refractivity contribution in [2.24, 2.45) is 0 Å². The smallest absolute Gasteiger partial charge is 0.335 e. The molecule has 0 spiro atoms. The Hall–Kier alpha value is -2.04. The Bertz CT molecular complexity index is 659. The maximum Gasteiger partial charge on any atom is 0.335 e. The van der Waals surface area contributed by atoms with Crippen LogP contribution in [0.2, 0.25) is 0 Å². The molecule has 0 bridgehead atoms. The molecule has 0 heterocycles. The molecule has 0 aliphatic carbocycles. The van der Waals surface area contributed by atoms with Gasteiger partial charge in [-0.2, -0.15) is 4.72 Å². The lowest BCUT2D eigenvalue weighted by atomic mass is 10.2. The topological polar surface area (TPSA) is 130 Å². The summed E-state index contributed by atoms with van der Waals surface area (Å²) in [7, 11) is -3.49. The molecule has 1 aromatic rings. The Kier molecular flexibility index (Phi) is 5.35. The lowest BCUT2D eigenvalue weighted by molar-refractivity contribution is -0.143. The van der Waals surface area contributed by atoms with Crippen LogP contribution in [0.3, 0.4) is 0 Å². The summed E-state index contributed by atoms with van der Waals surface area (Å²) >= 11 is 0. The van der Waals surface area contributed by atoms with Crippen molar-refractivity contribution in [3.05, 3.63) is 29.6 Å². The van der Waals surface area contributed by atoms with Crippen LogP contribution in [0.1, 0.15) is 10.4 Å². The minimum atomic E-state index is -4.48. The number of benzene rings is 1. The van der Waals surface area contributed by atoms with Crippen molar-refractivity contribution in [2.45, 2.75) is 10.9 Å². The highest BCUT2D eigenvalue weighted by molar-refractivity contribution is 7.89. The third-order valence-corrected chi connectivity index (χ3v) is 3.94. The van der Waals surface area contributed by atoms with Crippen molar-refractivity contribution >= 4 is 22.0 Å². The number of aliphatic hydroxyl groups is 1. The number of carbonyl (C=O) groups is 2. The van der Waals surface area contributed by atoms with Crippen molar-refractivity contribution in [3.8, 4) is 0 Å². The fourth-order valence-corrected chi connectivity index (χ4v) is 2.64. The van der Waals surface area contributed by atoms with E-state index < -0.39 is 50.9 Å². The predicted octanol–water partition coefficient (Wildman–Crippen LogP) is -0.664. The molecule has 0 radical (unpaired) electrons. The molecule has 0 saturated carbocycles. The number of rotatable bonds is 6. The molecule has 0 saturated heterocycles. The number of methoxy groups -OCH3 is 1. The maximum absolute atomic E-state index is 13.7. The van der Waals surface area contributed by atoms with Gasteiger partial charge in [-0.15, -0.1) is 0 Å². The van der Waals surface area contributed by atoms with E-state index in [-0.39, 0.29) is 0 Å². The molecule has 0 amide bonds. The first-order chi connectivity index (χ1) is 9.72. The highest BCUT2D eigenvalue weighted by Gasteiger charge is 2.28. The number of sulfonamides is 1. The number of hydrogen-bond acceptors (Lipinski definition) is 6. The van der Waals surface area contributed by atoms with Crippen molar-refractivity contribution < 1.29 is 37.3 Å². The van der Waals surface area contributed by atoms with E-state index >= 15 is 0 Å². The van der Waals surface area contributed by atoms with Crippen LogP contribution < -0.4 is 4.72 Å². The molecule has 0 fully saturated rings. The maximum atomic E-state index is 13.7. The molecular formula is C11H12FNO7S. The van der Waals surface area contributed by atoms with Gasteiger partial charge in [-0.05, 0) is 18.2 Å². The van der Waals surface area contributed by atoms with Crippen LogP contribution in [-0.2, 0) is 19.6 Å². The quantitative estimate of drug-likeness (QED) is 0.593. The molecule has 1 unspecified atom stereocenters. The zero-order valence-electron chi connectivity index (χ0n) is 10.7. The largest absolute Gasteiger partial charge is 0.478 e. The standard InChI is InChI=1S/C11H12FNO7S/c1-20-11(17)8(5-14)13-21(18,19)9-3-2-6(10(15)16)4-7(9)12/h2-4,8,13-14H,5H2,1H3,(H,15,16). The van der Waals surface area contributed by atoms with Gasteiger partial charge in [0.05, 0.1) is 19.3 Å². The predicted molar refractivity (Wildman–Crippen MR) is 66.6 cm³/mol. The second-order valence-corrected chi connectivity index (χ2v) is 5.51. The number of nitrogens with one attached hydrogen (secondary N) is 1. The van der Waals surface area contributed by atoms with E-state index in [1.807, 2.05) is 0 Å². The molecule has 116 valence electrons. The molecular weight excluding hydrogens is 309 g/mol. The molecule has 0 aliphatic rings. The minimum absolute atomic E-state index is 0.432. The van der Waals surface area contributed by atoms with Gasteiger partial charge in [0.25, 0.3) is 0 Å². The number of hydrogen-bond donors (Lipinski definition) is 3. The van der Waals surface area contributed by atoms with E-state index in [0.717, 1.165) is 19.2 Å². The lowest BCUT2D eigenvalue weighted by Crippen LogP contribution is -2.44. The van der Waals surface area contributed by atoms with Crippen molar-refractivity contribution in [1.82, 2.24) is 4.72 Å². The van der Waals surface area contributed by atoms with Crippen molar-refractivity contribution in [1.29, 1.82) is 0 Å². The summed E-state index contributed by atoms with van der Waals surface area (Å²) < 4.78 is 43.5. The average Bonchev–Trinajstić information content (AvgIpc) is 2.43. The molecule has 1 aromatic carbocycles. The van der Waals surface area contributed by atoms with Gasteiger partial charge in [0.15, 0.2) is 0 Å². The summed E-state index contributed by atoms with van der Waals surface area (Å²) in [6.07, 6.45) is 0. The van der Waals surface area contributed by atoms with E-state index in [1.54, 1.807) is 4.72 Å². The van der Waals surface area contributed by atoms with Gasteiger partial charge >= 0.3 is 11.9 Å². The lowest BCUT2D eigenvalue weighted by Gasteiger charge is -2.14. The van der Waals surface area contributed by atoms with Crippen LogP contribution >= 0.6 is 0 Å². The van der Waals surface area contributed by atoms with Gasteiger partial charge in [-0.25, -0.2) is 17.6 Å². The fourth-order valence-electron chi connectivity index (χ4n) is 1.40. The molecule has 1 rings (SSSR count). The first-order valence-electron chi connectivity index (χ1n) is 5.46. The summed E-state index contributed by atoms with van der Waals surface area (Å²) in [6.45, 7) is -0.888. The van der Waals surface area contributed by atoms with Crippen molar-refractivity contribution in [3.63, 3.8) is 0 Å². The zero-order valence-corrected chi connectivity index (χ0v) is 11.6. The molecule has 10 heteroatoms. The summed E-state index contributed by atoms with van der Waals surface area (Å²) in [5.74, 6) is -3.78. The van der Waals surface area contributed by atoms with Gasteiger partial charge in [-0.1, -0.05) is 0 Å². The molecule has 0 aromatic heterocycles. The molecule has 0 aliphatic heterocycles. The summed E-state index contributed by atoms with van der Waals surface area (Å²) in [6, 6.07) is 0.570. The number of aromatic carboxylic acids is 1. The first kappa shape index (κ1) is 17.0. The van der Waals surface area contributed by atoms with Crippen LogP contribution in [0.4, 0.5) is 4.39 Å². The van der Waals surface area contributed by atoms with Gasteiger partial charge < -0.3 is 14.9 Å². The summed E-state index contributed by atoms with van der Waals surface area (Å²) in [5.41, 5.74) is -0.432. The second-order valence-electron chi connectivity index (χ2n) is 3.83. The fraction of sp³-hybridized carbons (Fsp3) is 0.273. The van der Waals surface area contributed by atoms with E-state index in [9.17, 15) is 22.4 Å². The Morgan fingerprint density at radius 2 is 2.05 bits per heavy atom. The Morgan fingerprint density at radius 1 is 1.43 bits per heavy atom. The normalized spacial score (nSPS) is 12.7. The van der Waals surface area contributed by atoms with E-state index in [1.165, 1.54) is 0 Å². The number of aliphatic hydroxyl groups excluding tert-OH is 1. The average molecular weight is 321 g/mol. The SMILES string of the molecule is COC(=O)C(CO)NS(=O)(=O)c1ccc(C(=O)O)cc1F. The third kappa shape index (κ3) is 3.97. The number of carboxylic acid groups (broad SMARTS) is 1. The summed E-state index contributed by atoms with van der Waals surface area (Å²) in [5, 5.41) is 17.6. The first-order valence-corrected chi connectivity index (χ1v) is 6.95. The molecule has 3 N–H and O–H groups in total. The van der Waals surface area contributed by atoms with E-state index in [0.29, 0.717) is 6.07 Å². The Balaban J connectivity index is 3.13. The van der Waals surface area contributed by atoms with Crippen LogP contribution in [-0.4, -0.2) is 50.3 Å². The number of ether oxygens (including phenoxy) is 1. The van der Waals surface area contributed by atoms with Gasteiger partial charge in [-0.3, -0.25) is 4.79 Å². The van der Waals surface area contributed by atoms with Crippen LogP contribution in [0, 0.1) is 5.82 Å². The minimum Gasteiger partial charge on any atom is -0.478 e. The number of carboxylic acids is 1. The third-order valence-electron chi connectivity index (χ3n) is 2.43. The Morgan fingerprint density at radius 3 is 2.48 bits per heavy atom. The zero-order chi connectivity index (χ0) is 16.2. The van der Waals surface area contributed by atoms with Crippen LogP contribution in [0.15, 0.2) is 23.1 Å². The van der Waals surface area contributed by atoms with Gasteiger partial charge in [0.2, 0.25) is 10.0 Å². The number of halogens is 1. The molecule has 21 heavy (non-hydrogen) atoms. The van der Waals surface area contributed by atoms with Gasteiger partial charge in [0, 0.05) is 0 Å². The Labute approximate surface area is 119 Å². The number of esters is 1. The van der Waals surface area contributed by atoms with Crippen LogP contribution in [0.5, 0.6) is 0 Å². The summed E-state index contributed by atoms with van der Waals surface area (Å²) in [4.78, 5) is 21.0. The second kappa shape index (κ2) is 6.61. The van der Waals surface area contributed by atoms with Crippen LogP contribution in [0.25, 0.3) is 0 Å². The number of carbonyl (C=O) groups excluding carboxylic acids is 1. The highest BCUT2D eigenvalue weighted by atomic mass is 32.2. The van der Waals surface area contributed by atoms with Crippen molar-refractivity contribution in [2.75, 3.05) is 13.7 Å².